The maximum atomic E-state index is 12.8. The zero-order valence-electron chi connectivity index (χ0n) is 28.4. The Kier molecular flexibility index (Phi) is 11.9. The summed E-state index contributed by atoms with van der Waals surface area (Å²) in [5.74, 6) is 1.29. The predicted octanol–water partition coefficient (Wildman–Crippen LogP) is 6.79. The molecule has 0 aliphatic heterocycles. The number of alkyl carbamates (subject to hydrolysis) is 2. The average Bonchev–Trinajstić information content (AvgIpc) is 3.75. The summed E-state index contributed by atoms with van der Waals surface area (Å²) in [5, 5.41) is 21.0. The van der Waals surface area contributed by atoms with Gasteiger partial charge in [-0.2, -0.15) is 4.98 Å². The SMILES string of the molecule is CC(C)(C)OC(=O)NCCCCC(NC(=O)OCc1ccccc1)C(O)c1noc(C2(c3ccc(OCCc4ccccc4)cc3)CC2)n1. The van der Waals surface area contributed by atoms with Gasteiger partial charge in [0.25, 0.3) is 0 Å². The largest absolute Gasteiger partial charge is 0.493 e. The van der Waals surface area contributed by atoms with Crippen molar-refractivity contribution in [3.63, 3.8) is 0 Å². The third kappa shape index (κ3) is 10.5. The van der Waals surface area contributed by atoms with Gasteiger partial charge in [0.1, 0.15) is 24.1 Å². The van der Waals surface area contributed by atoms with E-state index in [0.29, 0.717) is 38.3 Å². The van der Waals surface area contributed by atoms with Crippen molar-refractivity contribution in [1.82, 2.24) is 20.8 Å². The van der Waals surface area contributed by atoms with Crippen LogP contribution in [0.1, 0.15) is 87.4 Å². The number of ether oxygens (including phenoxy) is 3. The van der Waals surface area contributed by atoms with E-state index in [9.17, 15) is 14.7 Å². The van der Waals surface area contributed by atoms with Crippen molar-refractivity contribution in [1.29, 1.82) is 0 Å². The van der Waals surface area contributed by atoms with Crippen LogP contribution in [-0.2, 0) is 27.9 Å². The molecule has 1 fully saturated rings. The number of carbonyl (C=O) groups is 2. The first-order chi connectivity index (χ1) is 23.6. The van der Waals surface area contributed by atoms with Gasteiger partial charge in [-0.25, -0.2) is 9.59 Å². The van der Waals surface area contributed by atoms with Gasteiger partial charge in [0.15, 0.2) is 0 Å². The lowest BCUT2D eigenvalue weighted by Gasteiger charge is -2.22. The zero-order chi connectivity index (χ0) is 34.7. The van der Waals surface area contributed by atoms with Crippen molar-refractivity contribution in [2.45, 2.75) is 89.1 Å². The predicted molar refractivity (Wildman–Crippen MR) is 183 cm³/mol. The molecule has 0 saturated heterocycles. The molecule has 0 spiro atoms. The minimum absolute atomic E-state index is 0.0844. The Hall–Kier alpha value is -4.90. The molecule has 2 atom stereocenters. The molecule has 1 saturated carbocycles. The van der Waals surface area contributed by atoms with E-state index in [1.165, 1.54) is 5.56 Å². The summed E-state index contributed by atoms with van der Waals surface area (Å²) in [4.78, 5) is 29.4. The summed E-state index contributed by atoms with van der Waals surface area (Å²) < 4.78 is 22.4. The summed E-state index contributed by atoms with van der Waals surface area (Å²) in [7, 11) is 0. The molecule has 260 valence electrons. The van der Waals surface area contributed by atoms with E-state index >= 15 is 0 Å². The minimum Gasteiger partial charge on any atom is -0.493 e. The number of nitrogens with zero attached hydrogens (tertiary/aromatic N) is 2. The summed E-state index contributed by atoms with van der Waals surface area (Å²) in [5.41, 5.74) is 2.07. The molecule has 1 heterocycles. The smallest absolute Gasteiger partial charge is 0.407 e. The van der Waals surface area contributed by atoms with Crippen LogP contribution in [0.15, 0.2) is 89.5 Å². The second-order valence-corrected chi connectivity index (χ2v) is 13.3. The Morgan fingerprint density at radius 2 is 1.59 bits per heavy atom. The molecule has 5 rings (SSSR count). The molecule has 3 N–H and O–H groups in total. The highest BCUT2D eigenvalue weighted by Gasteiger charge is 2.51. The monoisotopic (exact) mass is 670 g/mol. The van der Waals surface area contributed by atoms with E-state index in [1.54, 1.807) is 20.8 Å². The Bertz CT molecular complexity index is 1620. The molecule has 11 nitrogen and oxygen atoms in total. The highest BCUT2D eigenvalue weighted by atomic mass is 16.6. The van der Waals surface area contributed by atoms with E-state index in [2.05, 4.69) is 32.9 Å². The number of aromatic nitrogens is 2. The van der Waals surface area contributed by atoms with E-state index in [1.807, 2.05) is 72.8 Å². The number of hydrogen-bond donors (Lipinski definition) is 3. The molecule has 2 amide bonds. The molecule has 2 unspecified atom stereocenters. The molecule has 1 aliphatic carbocycles. The maximum Gasteiger partial charge on any atom is 0.407 e. The molecule has 1 aliphatic rings. The molecule has 0 radical (unpaired) electrons. The number of rotatable bonds is 16. The number of carbonyl (C=O) groups excluding carboxylic acids is 2. The van der Waals surface area contributed by atoms with Crippen molar-refractivity contribution in [3.8, 4) is 5.75 Å². The molecule has 1 aromatic heterocycles. The first kappa shape index (κ1) is 35.4. The van der Waals surface area contributed by atoms with Crippen molar-refractivity contribution < 1.29 is 33.4 Å². The van der Waals surface area contributed by atoms with Gasteiger partial charge < -0.3 is 34.5 Å². The van der Waals surface area contributed by atoms with E-state index in [4.69, 9.17) is 18.7 Å². The van der Waals surface area contributed by atoms with Crippen LogP contribution in [-0.4, -0.2) is 52.2 Å². The number of amides is 2. The van der Waals surface area contributed by atoms with Crippen LogP contribution < -0.4 is 15.4 Å². The Morgan fingerprint density at radius 1 is 0.918 bits per heavy atom. The van der Waals surface area contributed by atoms with Gasteiger partial charge in [-0.1, -0.05) is 78.0 Å². The number of aliphatic hydroxyl groups is 1. The van der Waals surface area contributed by atoms with Crippen LogP contribution in [0.3, 0.4) is 0 Å². The van der Waals surface area contributed by atoms with Crippen LogP contribution in [0.25, 0.3) is 0 Å². The fourth-order valence-electron chi connectivity index (χ4n) is 5.50. The van der Waals surface area contributed by atoms with Crippen molar-refractivity contribution in [2.24, 2.45) is 0 Å². The highest BCUT2D eigenvalue weighted by Crippen LogP contribution is 2.53. The molecule has 0 bridgehead atoms. The standard InChI is InChI=1S/C38H46N4O7/c1-37(2,3)48-35(44)39-24-11-10-16-31(40-36(45)47-26-28-14-8-5-9-15-28)32(43)33-41-34(49-42-33)38(22-23-38)29-17-19-30(20-18-29)46-25-21-27-12-6-4-7-13-27/h4-9,12-15,17-20,31-32,43H,10-11,16,21-26H2,1-3H3,(H,39,44)(H,40,45). The van der Waals surface area contributed by atoms with Gasteiger partial charge in [0, 0.05) is 13.0 Å². The Morgan fingerprint density at radius 3 is 2.24 bits per heavy atom. The van der Waals surface area contributed by atoms with Gasteiger partial charge in [-0.05, 0) is 81.7 Å². The van der Waals surface area contributed by atoms with Crippen LogP contribution in [0, 0.1) is 0 Å². The maximum absolute atomic E-state index is 12.8. The van der Waals surface area contributed by atoms with Gasteiger partial charge >= 0.3 is 12.2 Å². The summed E-state index contributed by atoms with van der Waals surface area (Å²) in [6.07, 6.45) is 1.60. The second-order valence-electron chi connectivity index (χ2n) is 13.3. The second kappa shape index (κ2) is 16.5. The molecule has 49 heavy (non-hydrogen) atoms. The van der Waals surface area contributed by atoms with Gasteiger partial charge in [0.05, 0.1) is 18.1 Å². The normalized spacial score (nSPS) is 14.7. The first-order valence-electron chi connectivity index (χ1n) is 16.8. The number of unbranched alkanes of at least 4 members (excludes halogenated alkanes) is 1. The topological polar surface area (TPSA) is 145 Å². The van der Waals surface area contributed by atoms with Crippen molar-refractivity contribution in [3.05, 3.63) is 113 Å². The van der Waals surface area contributed by atoms with Crippen LogP contribution in [0.2, 0.25) is 0 Å². The quantitative estimate of drug-likeness (QED) is 0.110. The summed E-state index contributed by atoms with van der Waals surface area (Å²) in [6.45, 7) is 6.44. The average molecular weight is 671 g/mol. The highest BCUT2D eigenvalue weighted by molar-refractivity contribution is 5.68. The molecule has 4 aromatic rings. The Labute approximate surface area is 287 Å². The van der Waals surface area contributed by atoms with E-state index in [0.717, 1.165) is 36.1 Å². The molecule has 3 aromatic carbocycles. The van der Waals surface area contributed by atoms with Crippen LogP contribution in [0.5, 0.6) is 5.75 Å². The zero-order valence-corrected chi connectivity index (χ0v) is 28.4. The lowest BCUT2D eigenvalue weighted by molar-refractivity contribution is 0.0526. The van der Waals surface area contributed by atoms with Gasteiger partial charge in [0.2, 0.25) is 11.7 Å². The van der Waals surface area contributed by atoms with Crippen molar-refractivity contribution >= 4 is 12.2 Å². The number of hydrogen-bond acceptors (Lipinski definition) is 9. The first-order valence-corrected chi connectivity index (χ1v) is 16.8. The number of aliphatic hydroxyl groups excluding tert-OH is 1. The van der Waals surface area contributed by atoms with E-state index < -0.39 is 35.3 Å². The third-order valence-electron chi connectivity index (χ3n) is 8.28. The van der Waals surface area contributed by atoms with E-state index in [-0.39, 0.29) is 12.4 Å². The fourth-order valence-corrected chi connectivity index (χ4v) is 5.50. The summed E-state index contributed by atoms with van der Waals surface area (Å²) in [6, 6.07) is 26.7. The minimum atomic E-state index is -1.25. The number of nitrogens with one attached hydrogen (secondary N) is 2. The van der Waals surface area contributed by atoms with Gasteiger partial charge in [-0.15, -0.1) is 0 Å². The molecule has 11 heteroatoms. The molecular weight excluding hydrogens is 624 g/mol. The molecular formula is C38H46N4O7. The summed E-state index contributed by atoms with van der Waals surface area (Å²) >= 11 is 0. The van der Waals surface area contributed by atoms with Crippen LogP contribution >= 0.6 is 0 Å². The number of benzene rings is 3. The Balaban J connectivity index is 1.19. The van der Waals surface area contributed by atoms with Crippen molar-refractivity contribution in [2.75, 3.05) is 13.2 Å². The lowest BCUT2D eigenvalue weighted by Crippen LogP contribution is -2.40. The fraction of sp³-hybridized carbons (Fsp3) is 0.421. The van der Waals surface area contributed by atoms with Crippen LogP contribution in [0.4, 0.5) is 9.59 Å². The lowest BCUT2D eigenvalue weighted by atomic mass is 9.95. The third-order valence-corrected chi connectivity index (χ3v) is 8.28. The van der Waals surface area contributed by atoms with Gasteiger partial charge in [-0.3, -0.25) is 0 Å².